The first-order valence-electron chi connectivity index (χ1n) is 8.50. The first-order chi connectivity index (χ1) is 10.7. The number of hydrogen-bond donors (Lipinski definition) is 1. The summed E-state index contributed by atoms with van der Waals surface area (Å²) >= 11 is 0. The summed E-state index contributed by atoms with van der Waals surface area (Å²) in [5.74, 6) is 0.209. The SMILES string of the molecule is O=C(NC1CCN(C2CC2)CC1)C1CC1c1cccc(F)c1. The van der Waals surface area contributed by atoms with E-state index in [1.54, 1.807) is 12.1 Å². The highest BCUT2D eigenvalue weighted by Crippen LogP contribution is 2.47. The van der Waals surface area contributed by atoms with Crippen molar-refractivity contribution in [3.63, 3.8) is 0 Å². The Morgan fingerprint density at radius 3 is 2.64 bits per heavy atom. The van der Waals surface area contributed by atoms with Crippen molar-refractivity contribution in [3.05, 3.63) is 35.6 Å². The number of nitrogens with one attached hydrogen (secondary N) is 1. The van der Waals surface area contributed by atoms with Crippen LogP contribution in [-0.4, -0.2) is 36.0 Å². The van der Waals surface area contributed by atoms with E-state index in [9.17, 15) is 9.18 Å². The van der Waals surface area contributed by atoms with Crippen molar-refractivity contribution in [2.24, 2.45) is 5.92 Å². The van der Waals surface area contributed by atoms with Gasteiger partial charge in [0.1, 0.15) is 5.82 Å². The Morgan fingerprint density at radius 1 is 1.18 bits per heavy atom. The van der Waals surface area contributed by atoms with Crippen molar-refractivity contribution in [2.75, 3.05) is 13.1 Å². The molecule has 1 amide bonds. The summed E-state index contributed by atoms with van der Waals surface area (Å²) in [6, 6.07) is 7.83. The van der Waals surface area contributed by atoms with Crippen molar-refractivity contribution in [3.8, 4) is 0 Å². The maximum Gasteiger partial charge on any atom is 0.223 e. The number of likely N-dealkylation sites (tertiary alicyclic amines) is 1. The summed E-state index contributed by atoms with van der Waals surface area (Å²) in [4.78, 5) is 14.9. The summed E-state index contributed by atoms with van der Waals surface area (Å²) < 4.78 is 13.3. The second-order valence-electron chi connectivity index (χ2n) is 7.05. The predicted molar refractivity (Wildman–Crippen MR) is 83.0 cm³/mol. The molecule has 3 nitrogen and oxygen atoms in total. The third-order valence-corrected chi connectivity index (χ3v) is 5.34. The number of piperidine rings is 1. The third kappa shape index (κ3) is 3.02. The summed E-state index contributed by atoms with van der Waals surface area (Å²) in [7, 11) is 0. The van der Waals surface area contributed by atoms with Gasteiger partial charge in [-0.1, -0.05) is 12.1 Å². The van der Waals surface area contributed by atoms with E-state index >= 15 is 0 Å². The van der Waals surface area contributed by atoms with E-state index in [-0.39, 0.29) is 23.6 Å². The molecule has 3 aliphatic rings. The maximum atomic E-state index is 13.3. The molecule has 2 aliphatic carbocycles. The highest BCUT2D eigenvalue weighted by atomic mass is 19.1. The molecule has 1 aromatic rings. The molecule has 22 heavy (non-hydrogen) atoms. The Balaban J connectivity index is 1.27. The van der Waals surface area contributed by atoms with Gasteiger partial charge in [0, 0.05) is 31.1 Å². The molecule has 1 aromatic carbocycles. The zero-order chi connectivity index (χ0) is 15.1. The molecule has 2 atom stereocenters. The van der Waals surface area contributed by atoms with Crippen molar-refractivity contribution < 1.29 is 9.18 Å². The molecule has 2 unspecified atom stereocenters. The van der Waals surface area contributed by atoms with Crippen LogP contribution in [0.4, 0.5) is 4.39 Å². The van der Waals surface area contributed by atoms with Gasteiger partial charge >= 0.3 is 0 Å². The second-order valence-corrected chi connectivity index (χ2v) is 7.05. The van der Waals surface area contributed by atoms with Gasteiger partial charge < -0.3 is 10.2 Å². The molecule has 1 saturated heterocycles. The minimum absolute atomic E-state index is 0.0447. The van der Waals surface area contributed by atoms with Gasteiger partial charge in [-0.25, -0.2) is 4.39 Å². The van der Waals surface area contributed by atoms with Crippen LogP contribution in [0.5, 0.6) is 0 Å². The van der Waals surface area contributed by atoms with Crippen molar-refractivity contribution in [2.45, 2.75) is 50.1 Å². The molecule has 0 bridgehead atoms. The van der Waals surface area contributed by atoms with E-state index in [0.717, 1.165) is 44.0 Å². The molecule has 1 aliphatic heterocycles. The lowest BCUT2D eigenvalue weighted by atomic mass is 10.0. The molecule has 118 valence electrons. The van der Waals surface area contributed by atoms with Crippen LogP contribution in [0.25, 0.3) is 0 Å². The lowest BCUT2D eigenvalue weighted by Gasteiger charge is -2.32. The molecular formula is C18H23FN2O. The van der Waals surface area contributed by atoms with Gasteiger partial charge in [-0.2, -0.15) is 0 Å². The Labute approximate surface area is 130 Å². The van der Waals surface area contributed by atoms with Crippen LogP contribution < -0.4 is 5.32 Å². The normalized spacial score (nSPS) is 29.3. The fraction of sp³-hybridized carbons (Fsp3) is 0.611. The van der Waals surface area contributed by atoms with Crippen LogP contribution in [0.15, 0.2) is 24.3 Å². The van der Waals surface area contributed by atoms with Crippen LogP contribution in [0.2, 0.25) is 0 Å². The van der Waals surface area contributed by atoms with Gasteiger partial charge in [-0.3, -0.25) is 4.79 Å². The van der Waals surface area contributed by atoms with Crippen molar-refractivity contribution in [1.29, 1.82) is 0 Å². The number of halogens is 1. The molecule has 1 heterocycles. The molecule has 0 radical (unpaired) electrons. The van der Waals surface area contributed by atoms with Crippen LogP contribution in [-0.2, 0) is 4.79 Å². The van der Waals surface area contributed by atoms with E-state index in [4.69, 9.17) is 0 Å². The van der Waals surface area contributed by atoms with E-state index in [1.807, 2.05) is 6.07 Å². The molecule has 0 spiro atoms. The average Bonchev–Trinajstić information content (AvgIpc) is 3.39. The average molecular weight is 302 g/mol. The number of carbonyl (C=O) groups excluding carboxylic acids is 1. The first kappa shape index (κ1) is 14.2. The summed E-state index contributed by atoms with van der Waals surface area (Å²) in [6.45, 7) is 2.24. The van der Waals surface area contributed by atoms with Crippen molar-refractivity contribution >= 4 is 5.91 Å². The van der Waals surface area contributed by atoms with E-state index < -0.39 is 0 Å². The lowest BCUT2D eigenvalue weighted by molar-refractivity contribution is -0.123. The lowest BCUT2D eigenvalue weighted by Crippen LogP contribution is -2.45. The number of rotatable bonds is 4. The van der Waals surface area contributed by atoms with E-state index in [1.165, 1.54) is 18.9 Å². The van der Waals surface area contributed by atoms with Crippen LogP contribution in [0.3, 0.4) is 0 Å². The quantitative estimate of drug-likeness (QED) is 0.927. The molecule has 0 aromatic heterocycles. The highest BCUT2D eigenvalue weighted by Gasteiger charge is 2.44. The van der Waals surface area contributed by atoms with Gasteiger partial charge in [0.25, 0.3) is 0 Å². The number of nitrogens with zero attached hydrogens (tertiary/aromatic N) is 1. The Hall–Kier alpha value is -1.42. The number of carbonyl (C=O) groups is 1. The van der Waals surface area contributed by atoms with Crippen molar-refractivity contribution in [1.82, 2.24) is 10.2 Å². The standard InChI is InChI=1S/C18H23FN2O/c19-13-3-1-2-12(10-13)16-11-17(16)18(22)20-14-6-8-21(9-7-14)15-4-5-15/h1-3,10,14-17H,4-9,11H2,(H,20,22). The summed E-state index contributed by atoms with van der Waals surface area (Å²) in [5, 5.41) is 3.22. The number of hydrogen-bond acceptors (Lipinski definition) is 2. The predicted octanol–water partition coefficient (Wildman–Crippen LogP) is 2.67. The zero-order valence-corrected chi connectivity index (χ0v) is 12.8. The maximum absolute atomic E-state index is 13.3. The first-order valence-corrected chi connectivity index (χ1v) is 8.50. The molecule has 3 fully saturated rings. The Bertz CT molecular complexity index is 564. The molecule has 4 rings (SSSR count). The van der Waals surface area contributed by atoms with Gasteiger partial charge in [-0.15, -0.1) is 0 Å². The molecule has 4 heteroatoms. The largest absolute Gasteiger partial charge is 0.353 e. The van der Waals surface area contributed by atoms with E-state index in [2.05, 4.69) is 10.2 Å². The number of benzene rings is 1. The molecular weight excluding hydrogens is 279 g/mol. The third-order valence-electron chi connectivity index (χ3n) is 5.34. The molecule has 2 saturated carbocycles. The van der Waals surface area contributed by atoms with E-state index in [0.29, 0.717) is 6.04 Å². The second kappa shape index (κ2) is 5.65. The summed E-state index contributed by atoms with van der Waals surface area (Å²) in [5.41, 5.74) is 0.962. The fourth-order valence-corrected chi connectivity index (χ4v) is 3.75. The van der Waals surface area contributed by atoms with Crippen LogP contribution in [0, 0.1) is 11.7 Å². The van der Waals surface area contributed by atoms with Gasteiger partial charge in [0.15, 0.2) is 0 Å². The fourth-order valence-electron chi connectivity index (χ4n) is 3.75. The minimum Gasteiger partial charge on any atom is -0.353 e. The Kier molecular flexibility index (Phi) is 3.65. The topological polar surface area (TPSA) is 32.3 Å². The smallest absolute Gasteiger partial charge is 0.223 e. The summed E-state index contributed by atoms with van der Waals surface area (Å²) in [6.07, 6.45) is 5.71. The van der Waals surface area contributed by atoms with Crippen LogP contribution >= 0.6 is 0 Å². The zero-order valence-electron chi connectivity index (χ0n) is 12.8. The number of amides is 1. The van der Waals surface area contributed by atoms with Gasteiger partial charge in [0.2, 0.25) is 5.91 Å². The van der Waals surface area contributed by atoms with Crippen LogP contribution in [0.1, 0.15) is 43.6 Å². The minimum atomic E-state index is -0.212. The Morgan fingerprint density at radius 2 is 1.95 bits per heavy atom. The monoisotopic (exact) mass is 302 g/mol. The molecule has 1 N–H and O–H groups in total. The highest BCUT2D eigenvalue weighted by molar-refractivity contribution is 5.83. The van der Waals surface area contributed by atoms with Gasteiger partial charge in [0.05, 0.1) is 0 Å². The van der Waals surface area contributed by atoms with Gasteiger partial charge in [-0.05, 0) is 55.7 Å².